The van der Waals surface area contributed by atoms with Crippen molar-refractivity contribution in [3.05, 3.63) is 40.4 Å². The standard InChI is InChI=1S/C27H40N2O5SSi/c1-10-28(11-2)24(30)18-14-12-13-15-19(18)35-23-16(3)21-20(25(31)29(21)22(23)26(32)33)17(4)34-36(8,9)27(5,6)7/h12-17,20-21H,10-11H2,1-9H3,(H,32,33)/t16-,17-,20-,21-/m1/s1. The van der Waals surface area contributed by atoms with Crippen LogP contribution in [0.1, 0.15) is 58.8 Å². The molecule has 1 N–H and O–H groups in total. The largest absolute Gasteiger partial charge is 0.477 e. The maximum absolute atomic E-state index is 13.3. The Bertz CT molecular complexity index is 1080. The lowest BCUT2D eigenvalue weighted by molar-refractivity contribution is -0.162. The highest BCUT2D eigenvalue weighted by Gasteiger charge is 2.61. The second kappa shape index (κ2) is 10.3. The minimum Gasteiger partial charge on any atom is -0.477 e. The Balaban J connectivity index is 1.93. The van der Waals surface area contributed by atoms with Crippen molar-refractivity contribution < 1.29 is 23.9 Å². The monoisotopic (exact) mass is 532 g/mol. The average Bonchev–Trinajstić information content (AvgIpc) is 3.02. The number of carboxylic acid groups (broad SMARTS) is 1. The normalized spacial score (nSPS) is 22.9. The third kappa shape index (κ3) is 4.89. The van der Waals surface area contributed by atoms with Crippen LogP contribution in [0.15, 0.2) is 39.8 Å². The van der Waals surface area contributed by atoms with Gasteiger partial charge in [0.15, 0.2) is 8.32 Å². The van der Waals surface area contributed by atoms with Gasteiger partial charge in [-0.05, 0) is 51.0 Å². The number of benzene rings is 1. The lowest BCUT2D eigenvalue weighted by Crippen LogP contribution is -2.65. The number of amides is 2. The molecule has 3 rings (SSSR count). The first-order valence-corrected chi connectivity index (χ1v) is 16.4. The van der Waals surface area contributed by atoms with Gasteiger partial charge in [0.1, 0.15) is 5.70 Å². The van der Waals surface area contributed by atoms with Gasteiger partial charge in [-0.1, -0.05) is 51.6 Å². The van der Waals surface area contributed by atoms with Crippen molar-refractivity contribution in [1.29, 1.82) is 0 Å². The van der Waals surface area contributed by atoms with Gasteiger partial charge in [0.2, 0.25) is 5.91 Å². The summed E-state index contributed by atoms with van der Waals surface area (Å²) in [5.41, 5.74) is 0.575. The van der Waals surface area contributed by atoms with Gasteiger partial charge in [0.25, 0.3) is 5.91 Å². The number of carbonyl (C=O) groups is 3. The molecular weight excluding hydrogens is 492 g/mol. The van der Waals surface area contributed by atoms with Crippen LogP contribution >= 0.6 is 11.8 Å². The molecular formula is C27H40N2O5SSi. The quantitative estimate of drug-likeness (QED) is 0.336. The van der Waals surface area contributed by atoms with Gasteiger partial charge in [0, 0.05) is 28.8 Å². The van der Waals surface area contributed by atoms with E-state index in [-0.39, 0.29) is 40.6 Å². The van der Waals surface area contributed by atoms with E-state index in [2.05, 4.69) is 33.9 Å². The van der Waals surface area contributed by atoms with Crippen molar-refractivity contribution in [3.63, 3.8) is 0 Å². The summed E-state index contributed by atoms with van der Waals surface area (Å²) < 4.78 is 6.55. The number of carbonyl (C=O) groups excluding carboxylic acids is 2. The van der Waals surface area contributed by atoms with Crippen molar-refractivity contribution in [3.8, 4) is 0 Å². The zero-order valence-electron chi connectivity index (χ0n) is 22.9. The fourth-order valence-corrected chi connectivity index (χ4v) is 7.58. The van der Waals surface area contributed by atoms with Crippen LogP contribution in [-0.4, -0.2) is 66.2 Å². The summed E-state index contributed by atoms with van der Waals surface area (Å²) >= 11 is 1.30. The van der Waals surface area contributed by atoms with E-state index in [0.29, 0.717) is 28.5 Å². The highest BCUT2D eigenvalue weighted by Crippen LogP contribution is 2.53. The van der Waals surface area contributed by atoms with E-state index in [1.807, 2.05) is 45.9 Å². The second-order valence-electron chi connectivity index (χ2n) is 11.2. The predicted octanol–water partition coefficient (Wildman–Crippen LogP) is 5.44. The second-order valence-corrected chi connectivity index (χ2v) is 17.0. The molecule has 0 bridgehead atoms. The lowest BCUT2D eigenvalue weighted by atomic mass is 9.79. The number of thioether (sulfide) groups is 1. The van der Waals surface area contributed by atoms with Crippen LogP contribution in [0.5, 0.6) is 0 Å². The van der Waals surface area contributed by atoms with Gasteiger partial charge in [-0.15, -0.1) is 0 Å². The van der Waals surface area contributed by atoms with Crippen LogP contribution in [0, 0.1) is 11.8 Å². The lowest BCUT2D eigenvalue weighted by Gasteiger charge is -2.50. The van der Waals surface area contributed by atoms with Gasteiger partial charge >= 0.3 is 5.97 Å². The zero-order valence-corrected chi connectivity index (χ0v) is 24.7. The molecule has 1 aromatic carbocycles. The summed E-state index contributed by atoms with van der Waals surface area (Å²) in [4.78, 5) is 43.3. The van der Waals surface area contributed by atoms with Crippen LogP contribution in [0.2, 0.25) is 18.1 Å². The van der Waals surface area contributed by atoms with E-state index in [4.69, 9.17) is 4.43 Å². The van der Waals surface area contributed by atoms with Crippen LogP contribution < -0.4 is 0 Å². The molecule has 0 unspecified atom stereocenters. The number of hydrogen-bond acceptors (Lipinski definition) is 5. The summed E-state index contributed by atoms with van der Waals surface area (Å²) in [6.07, 6.45) is -0.307. The predicted molar refractivity (Wildman–Crippen MR) is 145 cm³/mol. The minimum absolute atomic E-state index is 0.00162. The fourth-order valence-electron chi connectivity index (χ4n) is 4.89. The fraction of sp³-hybridized carbons (Fsp3) is 0.593. The van der Waals surface area contributed by atoms with E-state index < -0.39 is 20.2 Å². The molecule has 0 saturated carbocycles. The minimum atomic E-state index is -2.11. The molecule has 2 amide bonds. The molecule has 0 aromatic heterocycles. The van der Waals surface area contributed by atoms with Crippen LogP contribution in [-0.2, 0) is 14.0 Å². The van der Waals surface area contributed by atoms with Gasteiger partial charge in [0.05, 0.1) is 23.6 Å². The molecule has 2 aliphatic rings. The van der Waals surface area contributed by atoms with E-state index in [9.17, 15) is 19.5 Å². The number of nitrogens with zero attached hydrogens (tertiary/aromatic N) is 2. The molecule has 7 nitrogen and oxygen atoms in total. The first-order chi connectivity index (χ1) is 16.7. The summed E-state index contributed by atoms with van der Waals surface area (Å²) in [7, 11) is -2.11. The number of fused-ring (bicyclic) bond motifs is 1. The van der Waals surface area contributed by atoms with Crippen molar-refractivity contribution in [2.45, 2.75) is 83.6 Å². The zero-order chi connectivity index (χ0) is 27.2. The highest BCUT2D eigenvalue weighted by atomic mass is 32.2. The van der Waals surface area contributed by atoms with Gasteiger partial charge in [-0.2, -0.15) is 0 Å². The summed E-state index contributed by atoms with van der Waals surface area (Å²) in [5.74, 6) is -1.98. The molecule has 198 valence electrons. The Morgan fingerprint density at radius 2 is 1.78 bits per heavy atom. The number of hydrogen-bond donors (Lipinski definition) is 1. The molecule has 9 heteroatoms. The number of rotatable bonds is 9. The maximum atomic E-state index is 13.3. The van der Waals surface area contributed by atoms with Crippen LogP contribution in [0.4, 0.5) is 0 Å². The molecule has 36 heavy (non-hydrogen) atoms. The summed E-state index contributed by atoms with van der Waals surface area (Å²) in [6.45, 7) is 19.8. The van der Waals surface area contributed by atoms with Crippen molar-refractivity contribution in [2.75, 3.05) is 13.1 Å². The molecule has 0 spiro atoms. The molecule has 4 atom stereocenters. The third-order valence-corrected chi connectivity index (χ3v) is 13.9. The molecule has 2 aliphatic heterocycles. The first kappa shape index (κ1) is 28.5. The molecule has 0 aliphatic carbocycles. The van der Waals surface area contributed by atoms with Crippen molar-refractivity contribution in [1.82, 2.24) is 9.80 Å². The first-order valence-electron chi connectivity index (χ1n) is 12.7. The van der Waals surface area contributed by atoms with E-state index in [1.54, 1.807) is 11.0 Å². The topological polar surface area (TPSA) is 87.2 Å². The number of carboxylic acids is 1. The Hall–Kier alpha value is -2.10. The molecule has 2 heterocycles. The van der Waals surface area contributed by atoms with E-state index >= 15 is 0 Å². The van der Waals surface area contributed by atoms with Gasteiger partial charge in [-0.25, -0.2) is 4.79 Å². The Kier molecular flexibility index (Phi) is 8.18. The molecule has 1 aromatic rings. The van der Waals surface area contributed by atoms with Crippen molar-refractivity contribution in [2.24, 2.45) is 11.8 Å². The summed E-state index contributed by atoms with van der Waals surface area (Å²) in [6, 6.07) is 7.02. The Labute approximate surface area is 220 Å². The summed E-state index contributed by atoms with van der Waals surface area (Å²) in [5, 5.41) is 10.1. The van der Waals surface area contributed by atoms with Crippen LogP contribution in [0.3, 0.4) is 0 Å². The van der Waals surface area contributed by atoms with Gasteiger partial charge in [-0.3, -0.25) is 9.59 Å². The molecule has 1 fully saturated rings. The van der Waals surface area contributed by atoms with Crippen molar-refractivity contribution >= 4 is 37.9 Å². The highest BCUT2D eigenvalue weighted by molar-refractivity contribution is 8.03. The average molecular weight is 533 g/mol. The van der Waals surface area contributed by atoms with Crippen LogP contribution in [0.25, 0.3) is 0 Å². The molecule has 0 radical (unpaired) electrons. The Morgan fingerprint density at radius 3 is 2.31 bits per heavy atom. The molecule has 1 saturated heterocycles. The smallest absolute Gasteiger partial charge is 0.353 e. The SMILES string of the molecule is CCN(CC)C(=O)c1ccccc1SC1=C(C(=O)O)N2C(=O)[C@H]([C@@H](C)O[Si](C)(C)C(C)(C)C)[C@H]2[C@H]1C. The Morgan fingerprint density at radius 1 is 1.19 bits per heavy atom. The maximum Gasteiger partial charge on any atom is 0.353 e. The number of β-lactam (4-membered cyclic amide) rings is 1. The van der Waals surface area contributed by atoms with E-state index in [1.165, 1.54) is 16.7 Å². The number of aliphatic carboxylic acids is 1. The van der Waals surface area contributed by atoms with Gasteiger partial charge < -0.3 is 19.3 Å². The third-order valence-electron chi connectivity index (χ3n) is 7.97. The van der Waals surface area contributed by atoms with E-state index in [0.717, 1.165) is 0 Å².